The fraction of sp³-hybridized carbons (Fsp3) is 0.522. The summed E-state index contributed by atoms with van der Waals surface area (Å²) in [6.07, 6.45) is 5.82. The molecule has 0 N–H and O–H groups in total. The Hall–Kier alpha value is -1.92. The SMILES string of the molecule is O=C(CC1CC2CCC1C2)N1CCN(S(=O)(=O)c2ccc3ccccc3c2)CC1. The number of carbonyl (C=O) groups is 1. The minimum Gasteiger partial charge on any atom is -0.340 e. The highest BCUT2D eigenvalue weighted by Crippen LogP contribution is 2.49. The molecule has 2 aromatic rings. The van der Waals surface area contributed by atoms with Gasteiger partial charge in [-0.1, -0.05) is 36.8 Å². The molecule has 2 aromatic carbocycles. The first-order valence-electron chi connectivity index (χ1n) is 10.8. The maximum Gasteiger partial charge on any atom is 0.243 e. The van der Waals surface area contributed by atoms with E-state index in [-0.39, 0.29) is 5.91 Å². The van der Waals surface area contributed by atoms with Crippen molar-refractivity contribution in [3.05, 3.63) is 42.5 Å². The van der Waals surface area contributed by atoms with Gasteiger partial charge in [0.05, 0.1) is 4.90 Å². The molecule has 2 bridgehead atoms. The number of hydrogen-bond acceptors (Lipinski definition) is 3. The molecule has 3 unspecified atom stereocenters. The summed E-state index contributed by atoms with van der Waals surface area (Å²) in [7, 11) is -3.54. The zero-order valence-corrected chi connectivity index (χ0v) is 17.5. The first-order valence-corrected chi connectivity index (χ1v) is 12.2. The number of rotatable bonds is 4. The van der Waals surface area contributed by atoms with Gasteiger partial charge in [0.1, 0.15) is 0 Å². The van der Waals surface area contributed by atoms with Crippen LogP contribution in [0.2, 0.25) is 0 Å². The zero-order valence-electron chi connectivity index (χ0n) is 16.7. The summed E-state index contributed by atoms with van der Waals surface area (Å²) in [6.45, 7) is 1.73. The molecule has 2 saturated carbocycles. The summed E-state index contributed by atoms with van der Waals surface area (Å²) in [5.41, 5.74) is 0. The highest BCUT2D eigenvalue weighted by atomic mass is 32.2. The third-order valence-corrected chi connectivity index (χ3v) is 9.17. The molecule has 5 rings (SSSR count). The molecule has 3 atom stereocenters. The molecule has 1 amide bonds. The van der Waals surface area contributed by atoms with Crippen molar-refractivity contribution in [3.8, 4) is 0 Å². The molecular formula is C23H28N2O3S. The van der Waals surface area contributed by atoms with Crippen LogP contribution < -0.4 is 0 Å². The van der Waals surface area contributed by atoms with E-state index in [0.717, 1.165) is 22.6 Å². The van der Waals surface area contributed by atoms with E-state index in [1.807, 2.05) is 35.2 Å². The van der Waals surface area contributed by atoms with Gasteiger partial charge in [0, 0.05) is 32.6 Å². The molecule has 0 aromatic heterocycles. The van der Waals surface area contributed by atoms with E-state index in [4.69, 9.17) is 0 Å². The monoisotopic (exact) mass is 412 g/mol. The number of sulfonamides is 1. The number of benzene rings is 2. The summed E-state index contributed by atoms with van der Waals surface area (Å²) in [5, 5.41) is 1.95. The second-order valence-corrected chi connectivity index (χ2v) is 10.9. The van der Waals surface area contributed by atoms with Crippen LogP contribution in [0.1, 0.15) is 32.1 Å². The third-order valence-electron chi connectivity index (χ3n) is 7.27. The second-order valence-electron chi connectivity index (χ2n) is 8.93. The Morgan fingerprint density at radius 1 is 0.931 bits per heavy atom. The molecule has 6 heteroatoms. The van der Waals surface area contributed by atoms with Crippen LogP contribution >= 0.6 is 0 Å². The van der Waals surface area contributed by atoms with Crippen molar-refractivity contribution in [2.24, 2.45) is 17.8 Å². The van der Waals surface area contributed by atoms with Crippen LogP contribution in [0.4, 0.5) is 0 Å². The van der Waals surface area contributed by atoms with Gasteiger partial charge in [-0.05, 0) is 59.9 Å². The van der Waals surface area contributed by atoms with Crippen LogP contribution in [-0.4, -0.2) is 49.7 Å². The minimum absolute atomic E-state index is 0.213. The quantitative estimate of drug-likeness (QED) is 0.772. The molecule has 2 aliphatic carbocycles. The molecule has 3 aliphatic rings. The van der Waals surface area contributed by atoms with Gasteiger partial charge in [-0.25, -0.2) is 8.42 Å². The summed E-state index contributed by atoms with van der Waals surface area (Å²) in [5.74, 6) is 2.37. The van der Waals surface area contributed by atoms with Crippen LogP contribution in [0.15, 0.2) is 47.4 Å². The Morgan fingerprint density at radius 3 is 2.38 bits per heavy atom. The Morgan fingerprint density at radius 2 is 1.69 bits per heavy atom. The molecule has 3 fully saturated rings. The van der Waals surface area contributed by atoms with Crippen LogP contribution in [0.25, 0.3) is 10.8 Å². The Balaban J connectivity index is 1.22. The van der Waals surface area contributed by atoms with Gasteiger partial charge in [-0.2, -0.15) is 4.31 Å². The third kappa shape index (κ3) is 3.57. The Labute approximate surface area is 172 Å². The largest absolute Gasteiger partial charge is 0.340 e. The number of carbonyl (C=O) groups excluding carboxylic acids is 1. The fourth-order valence-corrected chi connectivity index (χ4v) is 7.09. The Bertz CT molecular complexity index is 1030. The van der Waals surface area contributed by atoms with Crippen LogP contribution in [-0.2, 0) is 14.8 Å². The lowest BCUT2D eigenvalue weighted by Crippen LogP contribution is -2.50. The molecule has 29 heavy (non-hydrogen) atoms. The molecule has 5 nitrogen and oxygen atoms in total. The van der Waals surface area contributed by atoms with E-state index in [1.165, 1.54) is 30.0 Å². The Kier molecular flexibility index (Phi) is 4.87. The first-order chi connectivity index (χ1) is 14.0. The van der Waals surface area contributed by atoms with E-state index in [2.05, 4.69) is 0 Å². The van der Waals surface area contributed by atoms with E-state index in [9.17, 15) is 13.2 Å². The van der Waals surface area contributed by atoms with Gasteiger partial charge >= 0.3 is 0 Å². The minimum atomic E-state index is -3.54. The lowest BCUT2D eigenvalue weighted by molar-refractivity contribution is -0.133. The molecular weight excluding hydrogens is 384 g/mol. The number of piperazine rings is 1. The lowest BCUT2D eigenvalue weighted by Gasteiger charge is -2.35. The van der Waals surface area contributed by atoms with E-state index in [1.54, 1.807) is 12.1 Å². The van der Waals surface area contributed by atoms with Crippen LogP contribution in [0.3, 0.4) is 0 Å². The first kappa shape index (κ1) is 19.1. The number of nitrogens with zero attached hydrogens (tertiary/aromatic N) is 2. The van der Waals surface area contributed by atoms with Gasteiger partial charge in [-0.3, -0.25) is 4.79 Å². The number of hydrogen-bond donors (Lipinski definition) is 0. The molecule has 0 spiro atoms. The summed E-state index contributed by atoms with van der Waals surface area (Å²) in [4.78, 5) is 15.0. The molecule has 154 valence electrons. The van der Waals surface area contributed by atoms with Crippen molar-refractivity contribution in [2.75, 3.05) is 26.2 Å². The maximum atomic E-state index is 13.1. The predicted octanol–water partition coefficient (Wildman–Crippen LogP) is 3.50. The molecule has 1 saturated heterocycles. The van der Waals surface area contributed by atoms with Crippen molar-refractivity contribution in [2.45, 2.75) is 37.0 Å². The summed E-state index contributed by atoms with van der Waals surface area (Å²) in [6, 6.07) is 13.1. The van der Waals surface area contributed by atoms with Gasteiger partial charge in [0.15, 0.2) is 0 Å². The summed E-state index contributed by atoms with van der Waals surface area (Å²) < 4.78 is 27.7. The van der Waals surface area contributed by atoms with E-state index >= 15 is 0 Å². The highest BCUT2D eigenvalue weighted by molar-refractivity contribution is 7.89. The van der Waals surface area contributed by atoms with Crippen LogP contribution in [0.5, 0.6) is 0 Å². The van der Waals surface area contributed by atoms with E-state index in [0.29, 0.717) is 43.4 Å². The standard InChI is InChI=1S/C23H28N2O3S/c26-23(16-21-14-17-5-6-20(21)13-17)24-9-11-25(12-10-24)29(27,28)22-8-7-18-3-1-2-4-19(18)15-22/h1-4,7-8,15,17,20-21H,5-6,9-14,16H2. The van der Waals surface area contributed by atoms with Gasteiger partial charge in [0.25, 0.3) is 0 Å². The van der Waals surface area contributed by atoms with Crippen molar-refractivity contribution in [1.29, 1.82) is 0 Å². The van der Waals surface area contributed by atoms with Gasteiger partial charge < -0.3 is 4.90 Å². The molecule has 1 heterocycles. The zero-order chi connectivity index (χ0) is 20.0. The maximum absolute atomic E-state index is 13.1. The van der Waals surface area contributed by atoms with Gasteiger partial charge in [0.2, 0.25) is 15.9 Å². The fourth-order valence-electron chi connectivity index (χ4n) is 5.63. The number of amides is 1. The smallest absolute Gasteiger partial charge is 0.243 e. The average molecular weight is 413 g/mol. The highest BCUT2D eigenvalue weighted by Gasteiger charge is 2.41. The molecule has 1 aliphatic heterocycles. The van der Waals surface area contributed by atoms with Gasteiger partial charge in [-0.15, -0.1) is 0 Å². The average Bonchev–Trinajstić information content (AvgIpc) is 3.36. The second kappa shape index (κ2) is 7.40. The normalized spacial score (nSPS) is 27.6. The van der Waals surface area contributed by atoms with Crippen molar-refractivity contribution in [1.82, 2.24) is 9.21 Å². The topological polar surface area (TPSA) is 57.7 Å². The van der Waals surface area contributed by atoms with Crippen molar-refractivity contribution in [3.63, 3.8) is 0 Å². The lowest BCUT2D eigenvalue weighted by atomic mass is 9.86. The number of fused-ring (bicyclic) bond motifs is 3. The predicted molar refractivity (Wildman–Crippen MR) is 113 cm³/mol. The van der Waals surface area contributed by atoms with Crippen molar-refractivity contribution < 1.29 is 13.2 Å². The van der Waals surface area contributed by atoms with Crippen LogP contribution in [0, 0.1) is 17.8 Å². The van der Waals surface area contributed by atoms with E-state index < -0.39 is 10.0 Å². The summed E-state index contributed by atoms with van der Waals surface area (Å²) >= 11 is 0. The molecule has 0 radical (unpaired) electrons. The van der Waals surface area contributed by atoms with Crippen molar-refractivity contribution >= 4 is 26.7 Å².